The van der Waals surface area contributed by atoms with Gasteiger partial charge in [0.15, 0.2) is 0 Å². The third kappa shape index (κ3) is 5.39. The third-order valence-corrected chi connectivity index (χ3v) is 3.60. The van der Waals surface area contributed by atoms with Gasteiger partial charge in [-0.3, -0.25) is 0 Å². The van der Waals surface area contributed by atoms with E-state index in [0.29, 0.717) is 12.6 Å². The molecule has 1 saturated carbocycles. The van der Waals surface area contributed by atoms with Crippen LogP contribution in [0.2, 0.25) is 0 Å². The minimum Gasteiger partial charge on any atom is -0.497 e. The fourth-order valence-electron chi connectivity index (χ4n) is 2.43. The smallest absolute Gasteiger partial charge is 0.315 e. The van der Waals surface area contributed by atoms with Crippen LogP contribution in [0.1, 0.15) is 37.7 Å². The van der Waals surface area contributed by atoms with Crippen LogP contribution >= 0.6 is 0 Å². The Balaban J connectivity index is 1.70. The zero-order valence-electron chi connectivity index (χ0n) is 12.4. The summed E-state index contributed by atoms with van der Waals surface area (Å²) in [6.07, 6.45) is 5.88. The first-order valence-corrected chi connectivity index (χ1v) is 7.45. The lowest BCUT2D eigenvalue weighted by Gasteiger charge is -2.22. The molecule has 0 atom stereocenters. The lowest BCUT2D eigenvalue weighted by Crippen LogP contribution is -2.42. The molecular formula is C17H22N2O2. The highest BCUT2D eigenvalue weighted by atomic mass is 16.5. The second kappa shape index (κ2) is 8.21. The zero-order chi connectivity index (χ0) is 14.9. The SMILES string of the molecule is COc1ccc(C#CCNC(=O)NC2CCCCC2)cc1. The van der Waals surface area contributed by atoms with Gasteiger partial charge in [0.1, 0.15) is 5.75 Å². The van der Waals surface area contributed by atoms with Crippen LogP contribution in [0.5, 0.6) is 5.75 Å². The van der Waals surface area contributed by atoms with Gasteiger partial charge in [0.25, 0.3) is 0 Å². The molecule has 2 N–H and O–H groups in total. The molecule has 112 valence electrons. The van der Waals surface area contributed by atoms with E-state index in [-0.39, 0.29) is 6.03 Å². The third-order valence-electron chi connectivity index (χ3n) is 3.60. The van der Waals surface area contributed by atoms with Crippen LogP contribution in [-0.2, 0) is 0 Å². The molecule has 0 aliphatic heterocycles. The number of urea groups is 1. The number of hydrogen-bond donors (Lipinski definition) is 2. The normalized spacial score (nSPS) is 14.7. The Morgan fingerprint density at radius 3 is 2.62 bits per heavy atom. The monoisotopic (exact) mass is 286 g/mol. The molecule has 0 bridgehead atoms. The maximum atomic E-state index is 11.7. The quantitative estimate of drug-likeness (QED) is 0.839. The molecule has 1 aliphatic carbocycles. The number of rotatable bonds is 3. The van der Waals surface area contributed by atoms with Crippen molar-refractivity contribution in [3.63, 3.8) is 0 Å². The molecule has 1 fully saturated rings. The molecule has 0 unspecified atom stereocenters. The van der Waals surface area contributed by atoms with E-state index >= 15 is 0 Å². The molecule has 4 heteroatoms. The summed E-state index contributed by atoms with van der Waals surface area (Å²) in [6, 6.07) is 7.74. The molecule has 2 amide bonds. The first-order chi connectivity index (χ1) is 10.3. The van der Waals surface area contributed by atoms with E-state index in [0.717, 1.165) is 24.2 Å². The number of nitrogens with one attached hydrogen (secondary N) is 2. The second-order valence-electron chi connectivity index (χ2n) is 5.19. The molecule has 0 aromatic heterocycles. The van der Waals surface area contributed by atoms with Crippen LogP contribution < -0.4 is 15.4 Å². The maximum Gasteiger partial charge on any atom is 0.315 e. The van der Waals surface area contributed by atoms with Crippen molar-refractivity contribution in [1.29, 1.82) is 0 Å². The number of carbonyl (C=O) groups excluding carboxylic acids is 1. The van der Waals surface area contributed by atoms with Gasteiger partial charge in [-0.15, -0.1) is 0 Å². The molecule has 4 nitrogen and oxygen atoms in total. The zero-order valence-corrected chi connectivity index (χ0v) is 12.4. The predicted octanol–water partition coefficient (Wildman–Crippen LogP) is 2.68. The van der Waals surface area contributed by atoms with Crippen molar-refractivity contribution in [2.24, 2.45) is 0 Å². The van der Waals surface area contributed by atoms with Gasteiger partial charge in [-0.05, 0) is 37.1 Å². The molecule has 0 spiro atoms. The number of methoxy groups -OCH3 is 1. The fourth-order valence-corrected chi connectivity index (χ4v) is 2.43. The Labute approximate surface area is 126 Å². The lowest BCUT2D eigenvalue weighted by atomic mass is 9.96. The summed E-state index contributed by atoms with van der Waals surface area (Å²) >= 11 is 0. The van der Waals surface area contributed by atoms with E-state index in [9.17, 15) is 4.79 Å². The van der Waals surface area contributed by atoms with E-state index in [1.165, 1.54) is 19.3 Å². The van der Waals surface area contributed by atoms with Gasteiger partial charge in [-0.2, -0.15) is 0 Å². The topological polar surface area (TPSA) is 50.4 Å². The molecular weight excluding hydrogens is 264 g/mol. The Kier molecular flexibility index (Phi) is 5.96. The van der Waals surface area contributed by atoms with Crippen molar-refractivity contribution < 1.29 is 9.53 Å². The van der Waals surface area contributed by atoms with E-state index in [2.05, 4.69) is 22.5 Å². The van der Waals surface area contributed by atoms with Gasteiger partial charge < -0.3 is 15.4 Å². The Morgan fingerprint density at radius 1 is 1.24 bits per heavy atom. The summed E-state index contributed by atoms with van der Waals surface area (Å²) in [5, 5.41) is 5.77. The highest BCUT2D eigenvalue weighted by Crippen LogP contribution is 2.17. The molecule has 21 heavy (non-hydrogen) atoms. The summed E-state index contributed by atoms with van der Waals surface area (Å²) in [5.74, 6) is 6.76. The van der Waals surface area contributed by atoms with Gasteiger partial charge in [0, 0.05) is 11.6 Å². The van der Waals surface area contributed by atoms with Crippen LogP contribution in [-0.4, -0.2) is 25.7 Å². The first-order valence-electron chi connectivity index (χ1n) is 7.45. The lowest BCUT2D eigenvalue weighted by molar-refractivity contribution is 0.234. The Bertz CT molecular complexity index is 508. The van der Waals surface area contributed by atoms with Crippen LogP contribution in [0, 0.1) is 11.8 Å². The number of amides is 2. The largest absolute Gasteiger partial charge is 0.497 e. The second-order valence-corrected chi connectivity index (χ2v) is 5.19. The van der Waals surface area contributed by atoms with E-state index in [1.807, 2.05) is 24.3 Å². The van der Waals surface area contributed by atoms with Gasteiger partial charge >= 0.3 is 6.03 Å². The van der Waals surface area contributed by atoms with Crippen LogP contribution in [0.15, 0.2) is 24.3 Å². The average molecular weight is 286 g/mol. The predicted molar refractivity (Wildman–Crippen MR) is 83.3 cm³/mol. The molecule has 0 radical (unpaired) electrons. The summed E-state index contributed by atoms with van der Waals surface area (Å²) in [4.78, 5) is 11.7. The number of hydrogen-bond acceptors (Lipinski definition) is 2. The minimum atomic E-state index is -0.120. The number of ether oxygens (including phenoxy) is 1. The molecule has 2 rings (SSSR count). The first kappa shape index (κ1) is 15.2. The Morgan fingerprint density at radius 2 is 1.95 bits per heavy atom. The van der Waals surface area contributed by atoms with Gasteiger partial charge in [0.05, 0.1) is 13.7 Å². The molecule has 1 aromatic rings. The number of benzene rings is 1. The van der Waals surface area contributed by atoms with Crippen molar-refractivity contribution in [2.75, 3.05) is 13.7 Å². The Hall–Kier alpha value is -2.15. The summed E-state index contributed by atoms with van der Waals surface area (Å²) in [6.45, 7) is 0.352. The minimum absolute atomic E-state index is 0.120. The van der Waals surface area contributed by atoms with E-state index < -0.39 is 0 Å². The van der Waals surface area contributed by atoms with Crippen molar-refractivity contribution in [2.45, 2.75) is 38.1 Å². The van der Waals surface area contributed by atoms with Gasteiger partial charge in [-0.1, -0.05) is 31.1 Å². The maximum absolute atomic E-state index is 11.7. The van der Waals surface area contributed by atoms with Crippen molar-refractivity contribution in [1.82, 2.24) is 10.6 Å². The number of carbonyl (C=O) groups is 1. The summed E-state index contributed by atoms with van der Waals surface area (Å²) < 4.78 is 5.08. The summed E-state index contributed by atoms with van der Waals surface area (Å²) in [7, 11) is 1.63. The van der Waals surface area contributed by atoms with Crippen LogP contribution in [0.25, 0.3) is 0 Å². The van der Waals surface area contributed by atoms with Gasteiger partial charge in [0.2, 0.25) is 0 Å². The molecule has 0 saturated heterocycles. The standard InChI is InChI=1S/C17H22N2O2/c1-21-16-11-9-14(10-12-16)6-5-13-18-17(20)19-15-7-3-2-4-8-15/h9-12,15H,2-4,7-8,13H2,1H3,(H2,18,19,20). The highest BCUT2D eigenvalue weighted by Gasteiger charge is 2.14. The van der Waals surface area contributed by atoms with Crippen LogP contribution in [0.3, 0.4) is 0 Å². The van der Waals surface area contributed by atoms with E-state index in [4.69, 9.17) is 4.74 Å². The summed E-state index contributed by atoms with van der Waals surface area (Å²) in [5.41, 5.74) is 0.908. The molecule has 0 heterocycles. The van der Waals surface area contributed by atoms with Crippen molar-refractivity contribution >= 4 is 6.03 Å². The fraction of sp³-hybridized carbons (Fsp3) is 0.471. The van der Waals surface area contributed by atoms with Crippen molar-refractivity contribution in [3.8, 4) is 17.6 Å². The van der Waals surface area contributed by atoms with E-state index in [1.54, 1.807) is 7.11 Å². The van der Waals surface area contributed by atoms with Crippen LogP contribution in [0.4, 0.5) is 4.79 Å². The molecule has 1 aliphatic rings. The van der Waals surface area contributed by atoms with Crippen molar-refractivity contribution in [3.05, 3.63) is 29.8 Å². The van der Waals surface area contributed by atoms with Gasteiger partial charge in [-0.25, -0.2) is 4.79 Å². The average Bonchev–Trinajstić information content (AvgIpc) is 2.53. The molecule has 1 aromatic carbocycles. The highest BCUT2D eigenvalue weighted by molar-refractivity contribution is 5.74.